The van der Waals surface area contributed by atoms with Crippen molar-refractivity contribution in [3.63, 3.8) is 0 Å². The highest BCUT2D eigenvalue weighted by Crippen LogP contribution is 2.21. The first kappa shape index (κ1) is 18.8. The fourth-order valence-electron chi connectivity index (χ4n) is 2.78. The topological polar surface area (TPSA) is 49.4 Å². The van der Waals surface area contributed by atoms with E-state index in [1.807, 2.05) is 16.7 Å². The van der Waals surface area contributed by atoms with Crippen LogP contribution in [0.5, 0.6) is 0 Å². The van der Waals surface area contributed by atoms with Gasteiger partial charge in [-0.05, 0) is 54.0 Å². The van der Waals surface area contributed by atoms with Gasteiger partial charge in [0.1, 0.15) is 0 Å². The molecule has 0 bridgehead atoms. The van der Waals surface area contributed by atoms with Crippen molar-refractivity contribution in [3.8, 4) is 0 Å². The lowest BCUT2D eigenvalue weighted by atomic mass is 9.97. The van der Waals surface area contributed by atoms with E-state index in [2.05, 4.69) is 32.3 Å². The molecule has 0 aromatic heterocycles. The van der Waals surface area contributed by atoms with Gasteiger partial charge in [-0.1, -0.05) is 20.8 Å². The van der Waals surface area contributed by atoms with Crippen molar-refractivity contribution in [3.05, 3.63) is 35.4 Å². The molecule has 0 spiro atoms. The fourth-order valence-corrected chi connectivity index (χ4v) is 3.53. The molecule has 1 aromatic rings. The normalized spacial score (nSPS) is 17.8. The third-order valence-electron chi connectivity index (χ3n) is 4.15. The number of hydrogen-bond acceptors (Lipinski definition) is 3. The Morgan fingerprint density at radius 1 is 1.21 bits per heavy atom. The van der Waals surface area contributed by atoms with Crippen LogP contribution in [0.1, 0.15) is 47.9 Å². The minimum Gasteiger partial charge on any atom is -0.352 e. The Kier molecular flexibility index (Phi) is 6.33. The van der Waals surface area contributed by atoms with Crippen LogP contribution in [-0.4, -0.2) is 48.4 Å². The van der Waals surface area contributed by atoms with Crippen molar-refractivity contribution in [2.75, 3.05) is 31.6 Å². The Hall–Kier alpha value is -1.49. The fraction of sp³-hybridized carbons (Fsp3) is 0.579. The molecule has 0 aliphatic carbocycles. The SMILES string of the molecule is CSC[C@@H]1CCN(C(=O)c2ccc(C(=O)NCC(C)(C)C)cc2)C1. The minimum atomic E-state index is -0.0925. The van der Waals surface area contributed by atoms with Gasteiger partial charge in [0, 0.05) is 30.8 Å². The van der Waals surface area contributed by atoms with Crippen LogP contribution in [0.15, 0.2) is 24.3 Å². The van der Waals surface area contributed by atoms with Gasteiger partial charge < -0.3 is 10.2 Å². The summed E-state index contributed by atoms with van der Waals surface area (Å²) < 4.78 is 0. The van der Waals surface area contributed by atoms with Crippen molar-refractivity contribution < 1.29 is 9.59 Å². The summed E-state index contributed by atoms with van der Waals surface area (Å²) >= 11 is 1.84. The van der Waals surface area contributed by atoms with Crippen LogP contribution in [0.3, 0.4) is 0 Å². The van der Waals surface area contributed by atoms with Crippen molar-refractivity contribution in [1.82, 2.24) is 10.2 Å². The minimum absolute atomic E-state index is 0.0502. The summed E-state index contributed by atoms with van der Waals surface area (Å²) in [6.07, 6.45) is 3.19. The average Bonchev–Trinajstić information content (AvgIpc) is 3.00. The standard InChI is InChI=1S/C19H28N2O2S/c1-19(2,3)13-20-17(22)15-5-7-16(8-6-15)18(23)21-10-9-14(11-21)12-24-4/h5-8,14H,9-13H2,1-4H3,(H,20,22)/t14-/m1/s1. The van der Waals surface area contributed by atoms with Crippen molar-refractivity contribution in [1.29, 1.82) is 0 Å². The lowest BCUT2D eigenvalue weighted by Crippen LogP contribution is -2.32. The average molecular weight is 349 g/mol. The summed E-state index contributed by atoms with van der Waals surface area (Å²) in [7, 11) is 0. The molecule has 1 aliphatic heterocycles. The molecule has 1 N–H and O–H groups in total. The first-order valence-corrected chi connectivity index (χ1v) is 9.86. The van der Waals surface area contributed by atoms with Gasteiger partial charge in [0.15, 0.2) is 0 Å². The maximum Gasteiger partial charge on any atom is 0.253 e. The van der Waals surface area contributed by atoms with Crippen LogP contribution in [0, 0.1) is 11.3 Å². The highest BCUT2D eigenvalue weighted by Gasteiger charge is 2.26. The largest absolute Gasteiger partial charge is 0.352 e. The predicted molar refractivity (Wildman–Crippen MR) is 101 cm³/mol. The molecule has 0 radical (unpaired) electrons. The molecule has 1 aromatic carbocycles. The number of carbonyl (C=O) groups excluding carboxylic acids is 2. The Bertz CT molecular complexity index is 578. The second kappa shape index (κ2) is 8.06. The highest BCUT2D eigenvalue weighted by atomic mass is 32.2. The van der Waals surface area contributed by atoms with Gasteiger partial charge in [-0.25, -0.2) is 0 Å². The molecule has 1 fully saturated rings. The lowest BCUT2D eigenvalue weighted by molar-refractivity contribution is 0.0787. The molecule has 0 unspecified atom stereocenters. The van der Waals surface area contributed by atoms with Crippen LogP contribution < -0.4 is 5.32 Å². The van der Waals surface area contributed by atoms with Crippen LogP contribution in [-0.2, 0) is 0 Å². The molecule has 1 heterocycles. The zero-order chi connectivity index (χ0) is 17.7. The van der Waals surface area contributed by atoms with E-state index in [0.717, 1.165) is 25.3 Å². The van der Waals surface area contributed by atoms with Crippen molar-refractivity contribution in [2.45, 2.75) is 27.2 Å². The number of thioether (sulfide) groups is 1. The maximum absolute atomic E-state index is 12.6. The molecule has 2 rings (SSSR count). The molecule has 24 heavy (non-hydrogen) atoms. The van der Waals surface area contributed by atoms with E-state index in [0.29, 0.717) is 23.6 Å². The third-order valence-corrected chi connectivity index (χ3v) is 4.95. The number of rotatable bonds is 5. The summed E-state index contributed by atoms with van der Waals surface area (Å²) in [6.45, 7) is 8.53. The Labute approximate surface area is 149 Å². The monoisotopic (exact) mass is 348 g/mol. The van der Waals surface area contributed by atoms with E-state index in [9.17, 15) is 9.59 Å². The lowest BCUT2D eigenvalue weighted by Gasteiger charge is -2.19. The molecule has 4 nitrogen and oxygen atoms in total. The molecular weight excluding hydrogens is 320 g/mol. The zero-order valence-corrected chi connectivity index (χ0v) is 15.9. The molecule has 132 valence electrons. The number of nitrogens with one attached hydrogen (secondary N) is 1. The Morgan fingerprint density at radius 2 is 1.83 bits per heavy atom. The first-order valence-electron chi connectivity index (χ1n) is 8.46. The van der Waals surface area contributed by atoms with Gasteiger partial charge in [-0.15, -0.1) is 0 Å². The summed E-state index contributed by atoms with van der Waals surface area (Å²) in [5, 5.41) is 2.93. The van der Waals surface area contributed by atoms with E-state index in [4.69, 9.17) is 0 Å². The molecule has 2 amide bonds. The van der Waals surface area contributed by atoms with Gasteiger partial charge in [0.2, 0.25) is 0 Å². The molecule has 1 atom stereocenters. The molecule has 0 saturated carbocycles. The summed E-state index contributed by atoms with van der Waals surface area (Å²) in [6, 6.07) is 6.99. The van der Waals surface area contributed by atoms with E-state index < -0.39 is 0 Å². The van der Waals surface area contributed by atoms with Crippen LogP contribution in [0.4, 0.5) is 0 Å². The van der Waals surface area contributed by atoms with E-state index in [1.54, 1.807) is 24.3 Å². The van der Waals surface area contributed by atoms with Gasteiger partial charge in [0.05, 0.1) is 0 Å². The highest BCUT2D eigenvalue weighted by molar-refractivity contribution is 7.98. The predicted octanol–water partition coefficient (Wildman–Crippen LogP) is 3.29. The molecule has 1 saturated heterocycles. The van der Waals surface area contributed by atoms with E-state index in [1.165, 1.54) is 0 Å². The van der Waals surface area contributed by atoms with Crippen LogP contribution in [0.25, 0.3) is 0 Å². The molecular formula is C19H28N2O2S. The molecule has 1 aliphatic rings. The third kappa shape index (κ3) is 5.26. The van der Waals surface area contributed by atoms with Gasteiger partial charge >= 0.3 is 0 Å². The Balaban J connectivity index is 1.94. The first-order chi connectivity index (χ1) is 11.3. The van der Waals surface area contributed by atoms with Crippen LogP contribution in [0.2, 0.25) is 0 Å². The number of nitrogens with zero attached hydrogens (tertiary/aromatic N) is 1. The quantitative estimate of drug-likeness (QED) is 0.888. The van der Waals surface area contributed by atoms with Crippen LogP contribution >= 0.6 is 11.8 Å². The van der Waals surface area contributed by atoms with Crippen molar-refractivity contribution in [2.24, 2.45) is 11.3 Å². The summed E-state index contributed by atoms with van der Waals surface area (Å²) in [5.74, 6) is 1.69. The maximum atomic E-state index is 12.6. The van der Waals surface area contributed by atoms with Gasteiger partial charge in [-0.2, -0.15) is 11.8 Å². The molecule has 5 heteroatoms. The number of benzene rings is 1. The smallest absolute Gasteiger partial charge is 0.253 e. The number of amides is 2. The van der Waals surface area contributed by atoms with E-state index in [-0.39, 0.29) is 17.2 Å². The second-order valence-electron chi connectivity index (χ2n) is 7.68. The summed E-state index contributed by atoms with van der Waals surface area (Å²) in [5.41, 5.74) is 1.30. The van der Waals surface area contributed by atoms with Gasteiger partial charge in [-0.3, -0.25) is 9.59 Å². The van der Waals surface area contributed by atoms with Crippen molar-refractivity contribution >= 4 is 23.6 Å². The number of hydrogen-bond donors (Lipinski definition) is 1. The number of carbonyl (C=O) groups is 2. The zero-order valence-electron chi connectivity index (χ0n) is 15.1. The summed E-state index contributed by atoms with van der Waals surface area (Å²) in [4.78, 5) is 26.6. The van der Waals surface area contributed by atoms with Gasteiger partial charge in [0.25, 0.3) is 11.8 Å². The number of likely N-dealkylation sites (tertiary alicyclic amines) is 1. The second-order valence-corrected chi connectivity index (χ2v) is 8.59. The Morgan fingerprint density at radius 3 is 2.42 bits per heavy atom. The van der Waals surface area contributed by atoms with E-state index >= 15 is 0 Å².